The van der Waals surface area contributed by atoms with Crippen LogP contribution in [0.15, 0.2) is 48.5 Å². The summed E-state index contributed by atoms with van der Waals surface area (Å²) >= 11 is 0. The van der Waals surface area contributed by atoms with Crippen LogP contribution in [0.4, 0.5) is 0 Å². The maximum absolute atomic E-state index is 12.5. The average Bonchev–Trinajstić information content (AvgIpc) is 2.61. The van der Waals surface area contributed by atoms with E-state index in [9.17, 15) is 9.59 Å². The van der Waals surface area contributed by atoms with Gasteiger partial charge in [-0.2, -0.15) is 0 Å². The molecule has 2 aromatic carbocycles. The van der Waals surface area contributed by atoms with E-state index in [0.29, 0.717) is 11.3 Å². The van der Waals surface area contributed by atoms with Gasteiger partial charge in [0.05, 0.1) is 7.11 Å². The Morgan fingerprint density at radius 2 is 1.80 bits per heavy atom. The first-order chi connectivity index (χ1) is 11.9. The molecule has 0 N–H and O–H groups in total. The fraction of sp³-hybridized carbons (Fsp3) is 0.238. The molecule has 0 amide bonds. The van der Waals surface area contributed by atoms with Gasteiger partial charge in [0.15, 0.2) is 6.10 Å². The first kappa shape index (κ1) is 18.5. The number of carbonyl (C=O) groups is 2. The van der Waals surface area contributed by atoms with Gasteiger partial charge in [-0.25, -0.2) is 4.79 Å². The first-order valence-electron chi connectivity index (χ1n) is 8.05. The second kappa shape index (κ2) is 8.29. The van der Waals surface area contributed by atoms with Crippen molar-refractivity contribution in [1.29, 1.82) is 0 Å². The monoisotopic (exact) mass is 338 g/mol. The highest BCUT2D eigenvalue weighted by Gasteiger charge is 2.20. The highest BCUT2D eigenvalue weighted by atomic mass is 16.5. The van der Waals surface area contributed by atoms with Crippen molar-refractivity contribution in [2.75, 3.05) is 7.11 Å². The number of benzene rings is 2. The van der Waals surface area contributed by atoms with E-state index >= 15 is 0 Å². The summed E-state index contributed by atoms with van der Waals surface area (Å²) in [6.07, 6.45) is 2.05. The Labute approximate surface area is 148 Å². The van der Waals surface area contributed by atoms with Crippen molar-refractivity contribution in [2.24, 2.45) is 0 Å². The number of carbonyl (C=O) groups excluding carboxylic acids is 2. The summed E-state index contributed by atoms with van der Waals surface area (Å²) < 4.78 is 10.5. The number of hydrogen-bond donors (Lipinski definition) is 0. The Morgan fingerprint density at radius 3 is 2.52 bits per heavy atom. The van der Waals surface area contributed by atoms with Crippen LogP contribution in [0.1, 0.15) is 34.0 Å². The van der Waals surface area contributed by atoms with Gasteiger partial charge in [-0.05, 0) is 44.5 Å². The zero-order chi connectivity index (χ0) is 18.4. The van der Waals surface area contributed by atoms with Crippen molar-refractivity contribution < 1.29 is 19.1 Å². The summed E-state index contributed by atoms with van der Waals surface area (Å²) in [4.78, 5) is 24.5. The van der Waals surface area contributed by atoms with Gasteiger partial charge in [0.2, 0.25) is 5.78 Å². The second-order valence-corrected chi connectivity index (χ2v) is 5.84. The number of hydrogen-bond acceptors (Lipinski definition) is 4. The number of rotatable bonds is 6. The molecule has 0 heterocycles. The number of ketones is 1. The molecule has 0 saturated heterocycles. The third-order valence-corrected chi connectivity index (χ3v) is 3.86. The summed E-state index contributed by atoms with van der Waals surface area (Å²) in [6, 6.07) is 13.0. The predicted molar refractivity (Wildman–Crippen MR) is 97.8 cm³/mol. The van der Waals surface area contributed by atoms with Gasteiger partial charge in [-0.1, -0.05) is 35.9 Å². The minimum absolute atomic E-state index is 0.208. The van der Waals surface area contributed by atoms with Crippen molar-refractivity contribution in [1.82, 2.24) is 0 Å². The lowest BCUT2D eigenvalue weighted by molar-refractivity contribution is -0.140. The van der Waals surface area contributed by atoms with E-state index in [1.54, 1.807) is 26.2 Å². The second-order valence-electron chi connectivity index (χ2n) is 5.84. The molecule has 4 heteroatoms. The highest BCUT2D eigenvalue weighted by molar-refractivity contribution is 6.02. The molecule has 0 saturated carbocycles. The quantitative estimate of drug-likeness (QED) is 0.451. The average molecular weight is 338 g/mol. The van der Waals surface area contributed by atoms with Crippen molar-refractivity contribution in [2.45, 2.75) is 26.9 Å². The Hall–Kier alpha value is -2.88. The Bertz CT molecular complexity index is 805. The maximum Gasteiger partial charge on any atom is 0.331 e. The molecule has 0 aliphatic rings. The van der Waals surface area contributed by atoms with Gasteiger partial charge in [0, 0.05) is 17.2 Å². The van der Waals surface area contributed by atoms with Crippen molar-refractivity contribution in [3.8, 4) is 5.75 Å². The minimum atomic E-state index is -0.852. The number of para-hydroxylation sites is 1. The number of Topliss-reactive ketones (excluding diaryl/α,β-unsaturated/α-hetero) is 1. The molecule has 0 aliphatic heterocycles. The van der Waals surface area contributed by atoms with E-state index in [4.69, 9.17) is 9.47 Å². The Balaban J connectivity index is 2.05. The zero-order valence-corrected chi connectivity index (χ0v) is 14.9. The van der Waals surface area contributed by atoms with E-state index in [1.807, 2.05) is 50.2 Å². The van der Waals surface area contributed by atoms with Crippen LogP contribution in [0.5, 0.6) is 5.75 Å². The number of esters is 1. The SMILES string of the molecule is COc1ccccc1/C=C/C(=O)O[C@@H](C)C(=O)c1cc(C)ccc1C. The van der Waals surface area contributed by atoms with Crippen LogP contribution in [0.25, 0.3) is 6.08 Å². The molecule has 130 valence electrons. The molecule has 4 nitrogen and oxygen atoms in total. The summed E-state index contributed by atoms with van der Waals surface area (Å²) in [6.45, 7) is 5.37. The largest absolute Gasteiger partial charge is 0.496 e. The van der Waals surface area contributed by atoms with Crippen LogP contribution in [-0.4, -0.2) is 25.0 Å². The molecule has 0 fully saturated rings. The lowest BCUT2D eigenvalue weighted by atomic mass is 9.99. The minimum Gasteiger partial charge on any atom is -0.496 e. The van der Waals surface area contributed by atoms with Gasteiger partial charge in [0.1, 0.15) is 5.75 Å². The molecule has 0 radical (unpaired) electrons. The van der Waals surface area contributed by atoms with Crippen LogP contribution in [0, 0.1) is 13.8 Å². The fourth-order valence-electron chi connectivity index (χ4n) is 2.45. The molecule has 25 heavy (non-hydrogen) atoms. The van der Waals surface area contributed by atoms with Gasteiger partial charge in [0.25, 0.3) is 0 Å². The van der Waals surface area contributed by atoms with Gasteiger partial charge >= 0.3 is 5.97 Å². The molecule has 1 atom stereocenters. The lowest BCUT2D eigenvalue weighted by Crippen LogP contribution is -2.24. The summed E-state index contributed by atoms with van der Waals surface area (Å²) in [5, 5.41) is 0. The number of methoxy groups -OCH3 is 1. The molecule has 2 aromatic rings. The smallest absolute Gasteiger partial charge is 0.331 e. The van der Waals surface area contributed by atoms with Gasteiger partial charge in [-0.15, -0.1) is 0 Å². The zero-order valence-electron chi connectivity index (χ0n) is 14.9. The highest BCUT2D eigenvalue weighted by Crippen LogP contribution is 2.19. The third kappa shape index (κ3) is 4.80. The van der Waals surface area contributed by atoms with Crippen LogP contribution < -0.4 is 4.74 Å². The van der Waals surface area contributed by atoms with Gasteiger partial charge in [-0.3, -0.25) is 4.79 Å². The molecule has 0 unspecified atom stereocenters. The van der Waals surface area contributed by atoms with E-state index in [0.717, 1.165) is 16.7 Å². The fourth-order valence-corrected chi connectivity index (χ4v) is 2.45. The van der Waals surface area contributed by atoms with E-state index < -0.39 is 12.1 Å². The summed E-state index contributed by atoms with van der Waals surface area (Å²) in [5.41, 5.74) is 3.19. The molecule has 0 aliphatic carbocycles. The number of aryl methyl sites for hydroxylation is 2. The van der Waals surface area contributed by atoms with Crippen molar-refractivity contribution in [3.05, 3.63) is 70.8 Å². The van der Waals surface area contributed by atoms with Gasteiger partial charge < -0.3 is 9.47 Å². The van der Waals surface area contributed by atoms with E-state index in [1.165, 1.54) is 6.08 Å². The number of ether oxygens (including phenoxy) is 2. The normalized spacial score (nSPS) is 12.0. The van der Waals surface area contributed by atoms with Crippen LogP contribution in [0.2, 0.25) is 0 Å². The van der Waals surface area contributed by atoms with E-state index in [-0.39, 0.29) is 5.78 Å². The Morgan fingerprint density at radius 1 is 1.08 bits per heavy atom. The van der Waals surface area contributed by atoms with E-state index in [2.05, 4.69) is 0 Å². The summed E-state index contributed by atoms with van der Waals surface area (Å²) in [5.74, 6) is -0.122. The maximum atomic E-state index is 12.5. The molecular weight excluding hydrogens is 316 g/mol. The van der Waals surface area contributed by atoms with Crippen molar-refractivity contribution >= 4 is 17.8 Å². The first-order valence-corrected chi connectivity index (χ1v) is 8.05. The van der Waals surface area contributed by atoms with Crippen molar-refractivity contribution in [3.63, 3.8) is 0 Å². The molecule has 0 aromatic heterocycles. The van der Waals surface area contributed by atoms with Crippen LogP contribution in [-0.2, 0) is 9.53 Å². The topological polar surface area (TPSA) is 52.6 Å². The Kier molecular flexibility index (Phi) is 6.12. The summed E-state index contributed by atoms with van der Waals surface area (Å²) in [7, 11) is 1.57. The lowest BCUT2D eigenvalue weighted by Gasteiger charge is -2.13. The standard InChI is InChI=1S/C21H22O4/c1-14-9-10-15(2)18(13-14)21(23)16(3)25-20(22)12-11-17-7-5-6-8-19(17)24-4/h5-13,16H,1-4H3/b12-11+/t16-/m0/s1. The molecule has 0 spiro atoms. The third-order valence-electron chi connectivity index (χ3n) is 3.86. The van der Waals surface area contributed by atoms with Crippen LogP contribution >= 0.6 is 0 Å². The van der Waals surface area contributed by atoms with Crippen LogP contribution in [0.3, 0.4) is 0 Å². The predicted octanol–water partition coefficient (Wildman–Crippen LogP) is 4.14. The molecule has 2 rings (SSSR count). The molecule has 0 bridgehead atoms. The molecular formula is C21H22O4.